The molecule has 0 atom stereocenters. The molecule has 0 aromatic rings. The van der Waals surface area contributed by atoms with Gasteiger partial charge in [-0.2, -0.15) is 0 Å². The molecule has 0 aromatic heterocycles. The molecule has 1 fully saturated rings. The average molecular weight is 369 g/mol. The maximum atomic E-state index is 12.1. The molecule has 0 saturated carbocycles. The van der Waals surface area contributed by atoms with Crippen molar-refractivity contribution in [3.05, 3.63) is 37.0 Å². The Labute approximate surface area is 160 Å². The lowest BCUT2D eigenvalue weighted by molar-refractivity contribution is 0.0000358. The van der Waals surface area contributed by atoms with E-state index in [1.165, 1.54) is 7.05 Å². The Morgan fingerprint density at radius 2 is 1.77 bits per heavy atom. The van der Waals surface area contributed by atoms with Gasteiger partial charge in [-0.25, -0.2) is 4.79 Å². The summed E-state index contributed by atoms with van der Waals surface area (Å²) in [5.41, 5.74) is 4.80. The Balaban J connectivity index is 0. The summed E-state index contributed by atoms with van der Waals surface area (Å²) in [4.78, 5) is 13.8. The molecular formula is C21H40N2O3. The predicted octanol–water partition coefficient (Wildman–Crippen LogP) is 4.29. The number of aliphatic hydroxyl groups excluding tert-OH is 1. The monoisotopic (exact) mass is 368 g/mol. The van der Waals surface area contributed by atoms with Crippen molar-refractivity contribution in [3.63, 3.8) is 0 Å². The van der Waals surface area contributed by atoms with Crippen LogP contribution >= 0.6 is 0 Å². The van der Waals surface area contributed by atoms with Gasteiger partial charge in [-0.3, -0.25) is 0 Å². The lowest BCUT2D eigenvalue weighted by Gasteiger charge is -2.41. The number of piperidine rings is 1. The van der Waals surface area contributed by atoms with Crippen LogP contribution < -0.4 is 5.73 Å². The van der Waals surface area contributed by atoms with Crippen LogP contribution in [-0.4, -0.2) is 48.4 Å². The number of nitrogens with two attached hydrogens (primary N) is 1. The molecular weight excluding hydrogens is 328 g/mol. The number of hydrogen-bond acceptors (Lipinski definition) is 4. The van der Waals surface area contributed by atoms with Gasteiger partial charge < -0.3 is 20.5 Å². The summed E-state index contributed by atoms with van der Waals surface area (Å²) in [7, 11) is 1.50. The van der Waals surface area contributed by atoms with Crippen molar-refractivity contribution in [2.45, 2.75) is 59.5 Å². The molecule has 1 aliphatic heterocycles. The highest BCUT2D eigenvalue weighted by atomic mass is 16.6. The van der Waals surface area contributed by atoms with Gasteiger partial charge in [-0.1, -0.05) is 50.8 Å². The van der Waals surface area contributed by atoms with Crippen molar-refractivity contribution in [2.75, 3.05) is 26.7 Å². The SMILES string of the molecule is C=C/C=C\C(=C)CC1(CO)CCN(C(=O)OC(C)(C)C)CC1.CC.CN. The first-order valence-electron chi connectivity index (χ1n) is 9.35. The van der Waals surface area contributed by atoms with Crippen LogP contribution in [0.2, 0.25) is 0 Å². The van der Waals surface area contributed by atoms with Crippen LogP contribution in [0.5, 0.6) is 0 Å². The van der Waals surface area contributed by atoms with E-state index in [-0.39, 0.29) is 18.1 Å². The number of hydrogen-bond donors (Lipinski definition) is 2. The topological polar surface area (TPSA) is 75.8 Å². The molecule has 1 rings (SSSR count). The third kappa shape index (κ3) is 10.4. The zero-order chi connectivity index (χ0) is 20.8. The molecule has 1 aliphatic rings. The van der Waals surface area contributed by atoms with Gasteiger partial charge in [0, 0.05) is 25.1 Å². The molecule has 3 N–H and O–H groups in total. The van der Waals surface area contributed by atoms with Crippen molar-refractivity contribution >= 4 is 6.09 Å². The van der Waals surface area contributed by atoms with E-state index in [0.717, 1.165) is 24.8 Å². The number of ether oxygens (including phenoxy) is 1. The maximum absolute atomic E-state index is 12.1. The van der Waals surface area contributed by atoms with Crippen LogP contribution in [0.15, 0.2) is 37.0 Å². The Morgan fingerprint density at radius 3 is 2.15 bits per heavy atom. The molecule has 26 heavy (non-hydrogen) atoms. The van der Waals surface area contributed by atoms with E-state index in [9.17, 15) is 9.90 Å². The fraction of sp³-hybridized carbons (Fsp3) is 0.667. The van der Waals surface area contributed by atoms with Crippen LogP contribution in [0, 0.1) is 5.41 Å². The first kappa shape index (κ1) is 26.6. The van der Waals surface area contributed by atoms with Crippen molar-refractivity contribution in [1.82, 2.24) is 4.90 Å². The molecule has 1 saturated heterocycles. The van der Waals surface area contributed by atoms with Crippen LogP contribution in [0.4, 0.5) is 4.79 Å². The highest BCUT2D eigenvalue weighted by Crippen LogP contribution is 2.37. The molecule has 1 heterocycles. The quantitative estimate of drug-likeness (QED) is 0.710. The van der Waals surface area contributed by atoms with E-state index >= 15 is 0 Å². The molecule has 5 heteroatoms. The van der Waals surface area contributed by atoms with E-state index in [2.05, 4.69) is 18.9 Å². The molecule has 0 bridgehead atoms. The van der Waals surface area contributed by atoms with Crippen LogP contribution in [0.1, 0.15) is 53.9 Å². The second kappa shape index (κ2) is 13.6. The molecule has 0 radical (unpaired) electrons. The number of carbonyl (C=O) groups excluding carboxylic acids is 1. The smallest absolute Gasteiger partial charge is 0.410 e. The highest BCUT2D eigenvalue weighted by Gasteiger charge is 2.36. The van der Waals surface area contributed by atoms with Gasteiger partial charge in [0.1, 0.15) is 5.60 Å². The largest absolute Gasteiger partial charge is 0.444 e. The number of carbonyl (C=O) groups is 1. The summed E-state index contributed by atoms with van der Waals surface area (Å²) in [6, 6.07) is 0. The maximum Gasteiger partial charge on any atom is 0.410 e. The number of amides is 1. The molecule has 0 aromatic carbocycles. The van der Waals surface area contributed by atoms with Crippen molar-refractivity contribution in [1.29, 1.82) is 0 Å². The first-order chi connectivity index (χ1) is 12.2. The highest BCUT2D eigenvalue weighted by molar-refractivity contribution is 5.68. The van der Waals surface area contributed by atoms with Gasteiger partial charge in [0.25, 0.3) is 0 Å². The number of likely N-dealkylation sites (tertiary alicyclic amines) is 1. The van der Waals surface area contributed by atoms with Gasteiger partial charge in [-0.05, 0) is 47.1 Å². The molecule has 152 valence electrons. The van der Waals surface area contributed by atoms with E-state index in [4.69, 9.17) is 4.74 Å². The molecule has 0 aliphatic carbocycles. The third-order valence-electron chi connectivity index (χ3n) is 3.88. The second-order valence-electron chi connectivity index (χ2n) is 7.06. The Morgan fingerprint density at radius 1 is 1.27 bits per heavy atom. The van der Waals surface area contributed by atoms with E-state index in [1.807, 2.05) is 46.8 Å². The average Bonchev–Trinajstić information content (AvgIpc) is 2.62. The lowest BCUT2D eigenvalue weighted by Crippen LogP contribution is -2.46. The zero-order valence-corrected chi connectivity index (χ0v) is 17.7. The standard InChI is InChI=1S/C18H29NO3.C2H6.CH5N/c1-6-7-8-15(2)13-18(14-20)9-11-19(12-10-18)16(21)22-17(3,4)5;2*1-2/h6-8,20H,1-2,9-14H2,3-5H3;1-2H3;2H2,1H3/b8-7-;;. The van der Waals surface area contributed by atoms with Crippen LogP contribution in [-0.2, 0) is 4.74 Å². The minimum atomic E-state index is -0.480. The molecule has 1 amide bonds. The zero-order valence-electron chi connectivity index (χ0n) is 17.7. The Kier molecular flexibility index (Phi) is 13.9. The Hall–Kier alpha value is -1.59. The van der Waals surface area contributed by atoms with Gasteiger partial charge in [0.05, 0.1) is 0 Å². The van der Waals surface area contributed by atoms with Crippen molar-refractivity contribution in [2.24, 2.45) is 11.1 Å². The number of nitrogens with zero attached hydrogens (tertiary/aromatic N) is 1. The van der Waals surface area contributed by atoms with Crippen LogP contribution in [0.25, 0.3) is 0 Å². The van der Waals surface area contributed by atoms with Gasteiger partial charge in [-0.15, -0.1) is 0 Å². The Bertz CT molecular complexity index is 443. The summed E-state index contributed by atoms with van der Waals surface area (Å²) in [6.07, 6.45) is 7.45. The fourth-order valence-electron chi connectivity index (χ4n) is 2.63. The lowest BCUT2D eigenvalue weighted by atomic mass is 9.74. The van der Waals surface area contributed by atoms with Gasteiger partial charge in [0.15, 0.2) is 0 Å². The summed E-state index contributed by atoms with van der Waals surface area (Å²) in [5.74, 6) is 0. The number of aliphatic hydroxyl groups is 1. The summed E-state index contributed by atoms with van der Waals surface area (Å²) in [5, 5.41) is 9.81. The molecule has 5 nitrogen and oxygen atoms in total. The predicted molar refractivity (Wildman–Crippen MR) is 111 cm³/mol. The minimum Gasteiger partial charge on any atom is -0.444 e. The summed E-state index contributed by atoms with van der Waals surface area (Å²) >= 11 is 0. The van der Waals surface area contributed by atoms with Crippen LogP contribution in [0.3, 0.4) is 0 Å². The summed E-state index contributed by atoms with van der Waals surface area (Å²) < 4.78 is 5.40. The molecule has 0 unspecified atom stereocenters. The van der Waals surface area contributed by atoms with E-state index < -0.39 is 5.60 Å². The van der Waals surface area contributed by atoms with Crippen molar-refractivity contribution in [3.8, 4) is 0 Å². The first-order valence-corrected chi connectivity index (χ1v) is 9.35. The fourth-order valence-corrected chi connectivity index (χ4v) is 2.63. The number of allylic oxidation sites excluding steroid dienone is 4. The van der Waals surface area contributed by atoms with Gasteiger partial charge in [0.2, 0.25) is 0 Å². The number of rotatable bonds is 5. The van der Waals surface area contributed by atoms with E-state index in [1.54, 1.807) is 11.0 Å². The van der Waals surface area contributed by atoms with Gasteiger partial charge >= 0.3 is 6.09 Å². The molecule has 0 spiro atoms. The summed E-state index contributed by atoms with van der Waals surface area (Å²) in [6.45, 7) is 18.6. The van der Waals surface area contributed by atoms with E-state index in [0.29, 0.717) is 13.1 Å². The second-order valence-corrected chi connectivity index (χ2v) is 7.06. The third-order valence-corrected chi connectivity index (χ3v) is 3.88. The normalized spacial score (nSPS) is 15.9. The minimum absolute atomic E-state index is 0.107. The van der Waals surface area contributed by atoms with Crippen molar-refractivity contribution < 1.29 is 14.6 Å².